The Morgan fingerprint density at radius 1 is 0.611 bits per heavy atom. The molecule has 0 aliphatic heterocycles. The highest BCUT2D eigenvalue weighted by atomic mass is 16.5. The predicted octanol–water partition coefficient (Wildman–Crippen LogP) is 6.86. The second kappa shape index (κ2) is 9.16. The van der Waals surface area contributed by atoms with Gasteiger partial charge in [-0.25, -0.2) is 4.57 Å². The number of hydrogen-bond donors (Lipinski definition) is 0. The zero-order valence-corrected chi connectivity index (χ0v) is 20.3. The van der Waals surface area contributed by atoms with Crippen molar-refractivity contribution in [2.45, 2.75) is 0 Å². The molecule has 36 heavy (non-hydrogen) atoms. The molecule has 0 fully saturated rings. The Hall–Kier alpha value is -4.70. The lowest BCUT2D eigenvalue weighted by atomic mass is 9.99. The number of aryl methyl sites for hydroxylation is 1. The van der Waals surface area contributed by atoms with E-state index in [9.17, 15) is 0 Å². The molecule has 0 saturated carbocycles. The average molecular weight is 469 g/mol. The number of pyridine rings is 1. The Bertz CT molecular complexity index is 1600. The van der Waals surface area contributed by atoms with Gasteiger partial charge in [0.05, 0.1) is 14.2 Å². The van der Waals surface area contributed by atoms with Gasteiger partial charge in [-0.15, -0.1) is 0 Å². The van der Waals surface area contributed by atoms with Crippen molar-refractivity contribution in [3.8, 4) is 45.3 Å². The minimum Gasteiger partial charge on any atom is -0.497 e. The van der Waals surface area contributed by atoms with Crippen LogP contribution in [0.15, 0.2) is 121 Å². The van der Waals surface area contributed by atoms with Crippen LogP contribution in [0.2, 0.25) is 0 Å². The largest absolute Gasteiger partial charge is 0.497 e. The second-order valence-electron chi connectivity index (χ2n) is 8.77. The van der Waals surface area contributed by atoms with Crippen LogP contribution in [-0.4, -0.2) is 16.7 Å². The molecule has 0 saturated heterocycles. The van der Waals surface area contributed by atoms with Gasteiger partial charge in [-0.3, -0.25) is 0 Å². The third-order valence-electron chi connectivity index (χ3n) is 6.58. The van der Waals surface area contributed by atoms with E-state index in [0.717, 1.165) is 50.8 Å². The van der Waals surface area contributed by atoms with Gasteiger partial charge in [0.25, 0.3) is 0 Å². The van der Waals surface area contributed by atoms with Crippen LogP contribution in [0, 0.1) is 0 Å². The molecule has 6 aromatic rings. The van der Waals surface area contributed by atoms with Gasteiger partial charge in [0.1, 0.15) is 22.7 Å². The molecular weight excluding hydrogens is 442 g/mol. The van der Waals surface area contributed by atoms with E-state index >= 15 is 0 Å². The number of nitrogens with zero attached hydrogens (tertiary/aromatic N) is 3. The lowest BCUT2D eigenvalue weighted by Gasteiger charge is -2.16. The third kappa shape index (κ3) is 3.83. The molecule has 0 amide bonds. The van der Waals surface area contributed by atoms with Crippen molar-refractivity contribution in [1.29, 1.82) is 0 Å². The fraction of sp³-hybridized carbons (Fsp3) is 0.0625. The molecule has 6 rings (SSSR count). The summed E-state index contributed by atoms with van der Waals surface area (Å²) in [4.78, 5) is 5.10. The summed E-state index contributed by atoms with van der Waals surface area (Å²) in [7, 11) is 3.75. The molecule has 4 heteroatoms. The van der Waals surface area contributed by atoms with Crippen molar-refractivity contribution in [2.24, 2.45) is 7.05 Å². The fourth-order valence-corrected chi connectivity index (χ4v) is 4.73. The van der Waals surface area contributed by atoms with E-state index in [4.69, 9.17) is 9.72 Å². The number of hydrogen-bond acceptors (Lipinski definition) is 2. The normalized spacial score (nSPS) is 11.1. The molecule has 174 valence electrons. The van der Waals surface area contributed by atoms with Crippen molar-refractivity contribution in [3.63, 3.8) is 0 Å². The van der Waals surface area contributed by atoms with E-state index in [2.05, 4.69) is 107 Å². The topological polar surface area (TPSA) is 30.9 Å². The number of aromatic nitrogens is 3. The molecule has 2 heterocycles. The molecular formula is C32H26N3O+. The van der Waals surface area contributed by atoms with Crippen LogP contribution in [0.5, 0.6) is 5.75 Å². The van der Waals surface area contributed by atoms with Gasteiger partial charge < -0.3 is 4.74 Å². The molecule has 0 N–H and O–H groups in total. The minimum absolute atomic E-state index is 0.813. The van der Waals surface area contributed by atoms with Gasteiger partial charge in [-0.1, -0.05) is 96.0 Å². The van der Waals surface area contributed by atoms with Crippen molar-refractivity contribution in [1.82, 2.24) is 9.55 Å². The van der Waals surface area contributed by atoms with E-state index in [1.54, 1.807) is 7.11 Å². The first-order valence-electron chi connectivity index (χ1n) is 12.0. The van der Waals surface area contributed by atoms with Crippen LogP contribution >= 0.6 is 0 Å². The van der Waals surface area contributed by atoms with Gasteiger partial charge in [-0.2, -0.15) is 4.57 Å². The highest BCUT2D eigenvalue weighted by molar-refractivity contribution is 5.79. The van der Waals surface area contributed by atoms with Crippen molar-refractivity contribution < 1.29 is 9.30 Å². The van der Waals surface area contributed by atoms with Gasteiger partial charge in [-0.05, 0) is 35.4 Å². The van der Waals surface area contributed by atoms with Crippen LogP contribution in [0.1, 0.15) is 0 Å². The van der Waals surface area contributed by atoms with E-state index < -0.39 is 0 Å². The summed E-state index contributed by atoms with van der Waals surface area (Å²) in [5.74, 6) is 1.66. The lowest BCUT2D eigenvalue weighted by molar-refractivity contribution is -0.581. The molecule has 2 aromatic heterocycles. The molecule has 4 aromatic carbocycles. The zero-order valence-electron chi connectivity index (χ0n) is 20.3. The second-order valence-corrected chi connectivity index (χ2v) is 8.77. The summed E-state index contributed by atoms with van der Waals surface area (Å²) in [5, 5.41) is 0. The van der Waals surface area contributed by atoms with Gasteiger partial charge in [0.2, 0.25) is 0 Å². The Morgan fingerprint density at radius 2 is 1.14 bits per heavy atom. The average Bonchev–Trinajstić information content (AvgIpc) is 3.28. The highest BCUT2D eigenvalue weighted by Crippen LogP contribution is 2.31. The van der Waals surface area contributed by atoms with E-state index in [0.29, 0.717) is 0 Å². The summed E-state index contributed by atoms with van der Waals surface area (Å²) >= 11 is 0. The SMILES string of the molecule is COc1ccc2nc(-[n+]3c(-c4ccccc4)cc(-c4ccccc4)cc3-c3ccccc3)n(C)c2c1. The van der Waals surface area contributed by atoms with Crippen LogP contribution < -0.4 is 9.30 Å². The fourth-order valence-electron chi connectivity index (χ4n) is 4.73. The van der Waals surface area contributed by atoms with Crippen LogP contribution in [0.3, 0.4) is 0 Å². The maximum atomic E-state index is 5.50. The third-order valence-corrected chi connectivity index (χ3v) is 6.58. The number of fused-ring (bicyclic) bond motifs is 1. The number of benzene rings is 4. The number of methoxy groups -OCH3 is 1. The molecule has 4 nitrogen and oxygen atoms in total. The Labute approximate surface area is 210 Å². The Kier molecular flexibility index (Phi) is 5.55. The van der Waals surface area contributed by atoms with Crippen molar-refractivity contribution in [2.75, 3.05) is 7.11 Å². The number of ether oxygens (including phenoxy) is 1. The summed E-state index contributed by atoms with van der Waals surface area (Å²) in [6.07, 6.45) is 0. The minimum atomic E-state index is 0.813. The van der Waals surface area contributed by atoms with E-state index in [1.807, 2.05) is 30.3 Å². The van der Waals surface area contributed by atoms with Gasteiger partial charge in [0.15, 0.2) is 5.52 Å². The van der Waals surface area contributed by atoms with Gasteiger partial charge >= 0.3 is 5.95 Å². The maximum absolute atomic E-state index is 5.50. The summed E-state index contributed by atoms with van der Waals surface area (Å²) in [6.45, 7) is 0. The van der Waals surface area contributed by atoms with Gasteiger partial charge in [0, 0.05) is 17.2 Å². The Balaban J connectivity index is 1.72. The van der Waals surface area contributed by atoms with Crippen molar-refractivity contribution in [3.05, 3.63) is 121 Å². The zero-order chi connectivity index (χ0) is 24.5. The highest BCUT2D eigenvalue weighted by Gasteiger charge is 2.27. The number of imidazole rings is 1. The maximum Gasteiger partial charge on any atom is 0.405 e. The lowest BCUT2D eigenvalue weighted by Crippen LogP contribution is -2.39. The van der Waals surface area contributed by atoms with E-state index in [-0.39, 0.29) is 0 Å². The first-order chi connectivity index (χ1) is 17.7. The summed E-state index contributed by atoms with van der Waals surface area (Å²) in [6, 6.07) is 42.1. The molecule has 0 unspecified atom stereocenters. The van der Waals surface area contributed by atoms with Crippen LogP contribution in [-0.2, 0) is 7.05 Å². The van der Waals surface area contributed by atoms with Crippen molar-refractivity contribution >= 4 is 11.0 Å². The summed E-state index contributed by atoms with van der Waals surface area (Å²) < 4.78 is 9.90. The predicted molar refractivity (Wildman–Crippen MR) is 145 cm³/mol. The van der Waals surface area contributed by atoms with Crippen LogP contribution in [0.25, 0.3) is 50.6 Å². The first-order valence-corrected chi connectivity index (χ1v) is 12.0. The first kappa shape index (κ1) is 21.8. The molecule has 0 radical (unpaired) electrons. The quantitative estimate of drug-likeness (QED) is 0.259. The molecule has 0 spiro atoms. The molecule has 0 aliphatic carbocycles. The summed E-state index contributed by atoms with van der Waals surface area (Å²) in [5.41, 5.74) is 8.66. The monoisotopic (exact) mass is 468 g/mol. The smallest absolute Gasteiger partial charge is 0.405 e. The standard InChI is InChI=1S/C32H26N3O/c1-34-31-22-27(36-2)18-19-28(31)33-32(34)35-29(24-14-8-4-9-15-24)20-26(23-12-6-3-7-13-23)21-30(35)25-16-10-5-11-17-25/h3-22H,1-2H3/q+1. The Morgan fingerprint density at radius 3 is 1.67 bits per heavy atom. The van der Waals surface area contributed by atoms with Crippen LogP contribution in [0.4, 0.5) is 0 Å². The molecule has 0 aliphatic rings. The van der Waals surface area contributed by atoms with E-state index in [1.165, 1.54) is 5.56 Å². The molecule has 0 bridgehead atoms. The molecule has 0 atom stereocenters. The number of rotatable bonds is 5.